The van der Waals surface area contributed by atoms with E-state index in [9.17, 15) is 13.2 Å². The second-order valence-electron chi connectivity index (χ2n) is 4.10. The van der Waals surface area contributed by atoms with Crippen molar-refractivity contribution >= 4 is 22.1 Å². The predicted octanol–water partition coefficient (Wildman–Crippen LogP) is 0.493. The Bertz CT molecular complexity index is 598. The Morgan fingerprint density at radius 1 is 1.55 bits per heavy atom. The summed E-state index contributed by atoms with van der Waals surface area (Å²) in [5.74, 6) is -1.12. The van der Waals surface area contributed by atoms with Crippen LogP contribution in [0.2, 0.25) is 0 Å². The molecule has 0 aliphatic carbocycles. The van der Waals surface area contributed by atoms with Gasteiger partial charge in [-0.1, -0.05) is 0 Å². The number of hydrogen-bond acceptors (Lipinski definition) is 5. The van der Waals surface area contributed by atoms with Gasteiger partial charge in [-0.2, -0.15) is 0 Å². The lowest BCUT2D eigenvalue weighted by atomic mass is 10.2. The highest BCUT2D eigenvalue weighted by molar-refractivity contribution is 7.89. The van der Waals surface area contributed by atoms with E-state index in [2.05, 4.69) is 9.71 Å². The molecular formula is C12H16N2O5S. The predicted molar refractivity (Wildman–Crippen MR) is 72.6 cm³/mol. The number of aliphatic carboxylic acids is 1. The highest BCUT2D eigenvalue weighted by Gasteiger charge is 2.17. The van der Waals surface area contributed by atoms with Crippen LogP contribution < -0.4 is 4.72 Å². The van der Waals surface area contributed by atoms with Crippen molar-refractivity contribution in [3.63, 3.8) is 0 Å². The van der Waals surface area contributed by atoms with Gasteiger partial charge >= 0.3 is 5.97 Å². The summed E-state index contributed by atoms with van der Waals surface area (Å²) in [7, 11) is -2.24. The molecule has 7 nitrogen and oxygen atoms in total. The number of carbonyl (C=O) groups is 1. The molecule has 0 aliphatic heterocycles. The zero-order valence-electron chi connectivity index (χ0n) is 11.1. The minimum Gasteiger partial charge on any atom is -0.478 e. The van der Waals surface area contributed by atoms with Crippen LogP contribution in [0.15, 0.2) is 29.4 Å². The molecular weight excluding hydrogens is 284 g/mol. The lowest BCUT2D eigenvalue weighted by molar-refractivity contribution is -0.131. The summed E-state index contributed by atoms with van der Waals surface area (Å²) >= 11 is 0. The number of aromatic nitrogens is 1. The van der Waals surface area contributed by atoms with Crippen LogP contribution in [0.5, 0.6) is 0 Å². The van der Waals surface area contributed by atoms with Gasteiger partial charge in [0, 0.05) is 31.6 Å². The third kappa shape index (κ3) is 5.08. The number of sulfonamides is 1. The third-order valence-corrected chi connectivity index (χ3v) is 3.79. The fourth-order valence-electron chi connectivity index (χ4n) is 1.46. The number of ether oxygens (including phenoxy) is 1. The van der Waals surface area contributed by atoms with E-state index in [1.54, 1.807) is 6.92 Å². The Kier molecular flexibility index (Phi) is 5.81. The average Bonchev–Trinajstić information content (AvgIpc) is 2.36. The van der Waals surface area contributed by atoms with E-state index in [0.717, 1.165) is 6.08 Å². The van der Waals surface area contributed by atoms with Crippen LogP contribution in [0.1, 0.15) is 12.5 Å². The Morgan fingerprint density at radius 3 is 2.85 bits per heavy atom. The highest BCUT2D eigenvalue weighted by atomic mass is 32.2. The third-order valence-electron chi connectivity index (χ3n) is 2.24. The Balaban J connectivity index is 2.95. The fourth-order valence-corrected chi connectivity index (χ4v) is 2.68. The molecule has 0 aliphatic rings. The van der Waals surface area contributed by atoms with Crippen LogP contribution in [0, 0.1) is 0 Å². The topological polar surface area (TPSA) is 106 Å². The SMILES string of the molecule is COCC(C)NS(=O)(=O)c1cncc(C=CC(=O)O)c1. The van der Waals surface area contributed by atoms with E-state index in [0.29, 0.717) is 5.56 Å². The molecule has 0 bridgehead atoms. The van der Waals surface area contributed by atoms with Gasteiger partial charge in [-0.3, -0.25) is 4.98 Å². The van der Waals surface area contributed by atoms with Gasteiger partial charge in [-0.05, 0) is 24.6 Å². The Morgan fingerprint density at radius 2 is 2.25 bits per heavy atom. The number of hydrogen-bond donors (Lipinski definition) is 2. The van der Waals surface area contributed by atoms with Crippen LogP contribution in [0.4, 0.5) is 0 Å². The van der Waals surface area contributed by atoms with Gasteiger partial charge < -0.3 is 9.84 Å². The number of carboxylic acids is 1. The molecule has 0 saturated carbocycles. The second kappa shape index (κ2) is 7.13. The van der Waals surface area contributed by atoms with E-state index in [-0.39, 0.29) is 17.5 Å². The molecule has 0 radical (unpaired) electrons. The van der Waals surface area contributed by atoms with Gasteiger partial charge in [0.1, 0.15) is 4.90 Å². The van der Waals surface area contributed by atoms with Gasteiger partial charge in [0.15, 0.2) is 0 Å². The lowest BCUT2D eigenvalue weighted by Gasteiger charge is -2.13. The molecule has 0 saturated heterocycles. The summed E-state index contributed by atoms with van der Waals surface area (Å²) in [6, 6.07) is 0.956. The minimum absolute atomic E-state index is 0.0343. The van der Waals surface area contributed by atoms with E-state index in [4.69, 9.17) is 9.84 Å². The molecule has 1 unspecified atom stereocenters. The molecule has 20 heavy (non-hydrogen) atoms. The van der Waals surface area contributed by atoms with Crippen molar-refractivity contribution in [3.8, 4) is 0 Å². The van der Waals surface area contributed by atoms with Gasteiger partial charge in [0.2, 0.25) is 10.0 Å². The molecule has 1 atom stereocenters. The maximum atomic E-state index is 12.1. The van der Waals surface area contributed by atoms with Gasteiger partial charge in [0.25, 0.3) is 0 Å². The van der Waals surface area contributed by atoms with Crippen molar-refractivity contribution < 1.29 is 23.1 Å². The van der Waals surface area contributed by atoms with Crippen LogP contribution in [0.25, 0.3) is 6.08 Å². The van der Waals surface area contributed by atoms with Crippen LogP contribution in [-0.4, -0.2) is 44.2 Å². The van der Waals surface area contributed by atoms with Crippen molar-refractivity contribution in [1.82, 2.24) is 9.71 Å². The number of pyridine rings is 1. The van der Waals surface area contributed by atoms with Gasteiger partial charge in [0.05, 0.1) is 6.61 Å². The summed E-state index contributed by atoms with van der Waals surface area (Å²) in [6.45, 7) is 1.91. The minimum atomic E-state index is -3.72. The monoisotopic (exact) mass is 300 g/mol. The molecule has 1 heterocycles. The smallest absolute Gasteiger partial charge is 0.328 e. The van der Waals surface area contributed by atoms with Crippen molar-refractivity contribution in [3.05, 3.63) is 30.1 Å². The van der Waals surface area contributed by atoms with Crippen molar-refractivity contribution in [2.45, 2.75) is 17.9 Å². The highest BCUT2D eigenvalue weighted by Crippen LogP contribution is 2.11. The quantitative estimate of drug-likeness (QED) is 0.710. The standard InChI is InChI=1S/C12H16N2O5S/c1-9(8-19-2)14-20(17,18)11-5-10(6-13-7-11)3-4-12(15)16/h3-7,9,14H,8H2,1-2H3,(H,15,16). The summed E-state index contributed by atoms with van der Waals surface area (Å²) < 4.78 is 31.4. The molecule has 0 amide bonds. The Labute approximate surface area is 117 Å². The van der Waals surface area contributed by atoms with Crippen LogP contribution >= 0.6 is 0 Å². The van der Waals surface area contributed by atoms with Gasteiger partial charge in [-0.15, -0.1) is 0 Å². The van der Waals surface area contributed by atoms with E-state index >= 15 is 0 Å². The number of nitrogens with zero attached hydrogens (tertiary/aromatic N) is 1. The molecule has 0 aromatic carbocycles. The number of methoxy groups -OCH3 is 1. The average molecular weight is 300 g/mol. The maximum absolute atomic E-state index is 12.1. The first-order valence-electron chi connectivity index (χ1n) is 5.72. The molecule has 110 valence electrons. The van der Waals surface area contributed by atoms with E-state index in [1.165, 1.54) is 31.6 Å². The van der Waals surface area contributed by atoms with Crippen molar-refractivity contribution in [2.75, 3.05) is 13.7 Å². The first-order valence-corrected chi connectivity index (χ1v) is 7.21. The summed E-state index contributed by atoms with van der Waals surface area (Å²) in [4.78, 5) is 14.2. The largest absolute Gasteiger partial charge is 0.478 e. The molecule has 1 aromatic heterocycles. The number of nitrogens with one attached hydrogen (secondary N) is 1. The first-order chi connectivity index (χ1) is 9.35. The number of rotatable bonds is 7. The molecule has 8 heteroatoms. The Hall–Kier alpha value is -1.77. The fraction of sp³-hybridized carbons (Fsp3) is 0.333. The molecule has 0 fully saturated rings. The van der Waals surface area contributed by atoms with Crippen LogP contribution in [-0.2, 0) is 19.6 Å². The van der Waals surface area contributed by atoms with Crippen molar-refractivity contribution in [2.24, 2.45) is 0 Å². The van der Waals surface area contributed by atoms with Crippen molar-refractivity contribution in [1.29, 1.82) is 0 Å². The van der Waals surface area contributed by atoms with E-state index in [1.807, 2.05) is 0 Å². The van der Waals surface area contributed by atoms with E-state index < -0.39 is 16.0 Å². The zero-order valence-corrected chi connectivity index (χ0v) is 11.9. The molecule has 1 rings (SSSR count). The normalized spacial score (nSPS) is 13.5. The lowest BCUT2D eigenvalue weighted by Crippen LogP contribution is -2.35. The molecule has 1 aromatic rings. The first kappa shape index (κ1) is 16.3. The summed E-state index contributed by atoms with van der Waals surface area (Å²) in [5, 5.41) is 8.53. The molecule has 0 spiro atoms. The molecule has 2 N–H and O–H groups in total. The second-order valence-corrected chi connectivity index (χ2v) is 5.82. The summed E-state index contributed by atoms with van der Waals surface area (Å²) in [5.41, 5.74) is 0.384. The zero-order chi connectivity index (χ0) is 15.2. The summed E-state index contributed by atoms with van der Waals surface area (Å²) in [6.07, 6.45) is 4.75. The maximum Gasteiger partial charge on any atom is 0.328 e. The number of carboxylic acid groups (broad SMARTS) is 1. The van der Waals surface area contributed by atoms with Gasteiger partial charge in [-0.25, -0.2) is 17.9 Å². The van der Waals surface area contributed by atoms with Crippen LogP contribution in [0.3, 0.4) is 0 Å².